The lowest BCUT2D eigenvalue weighted by Gasteiger charge is -2.15. The van der Waals surface area contributed by atoms with Gasteiger partial charge < -0.3 is 26.0 Å². The maximum atomic E-state index is 10.8. The summed E-state index contributed by atoms with van der Waals surface area (Å²) in [5, 5.41) is 22.5. The van der Waals surface area contributed by atoms with E-state index in [2.05, 4.69) is 5.32 Å². The average Bonchev–Trinajstić information content (AvgIpc) is 2.36. The largest absolute Gasteiger partial charge is 0.508 e. The second-order valence-corrected chi connectivity index (χ2v) is 4.96. The molecule has 1 unspecified atom stereocenters. The molecule has 0 aliphatic carbocycles. The number of aliphatic hydroxyl groups is 1. The molecule has 5 N–H and O–H groups in total. The number of aromatic hydroxyl groups is 1. The van der Waals surface area contributed by atoms with Crippen molar-refractivity contribution in [2.75, 3.05) is 13.2 Å². The molecule has 1 rings (SSSR count). The number of ether oxygens (including phenoxy) is 1. The van der Waals surface area contributed by atoms with Crippen LogP contribution >= 0.6 is 0 Å². The monoisotopic (exact) mass is 282 g/mol. The van der Waals surface area contributed by atoms with Gasteiger partial charge in [0.15, 0.2) is 0 Å². The molecule has 0 saturated heterocycles. The summed E-state index contributed by atoms with van der Waals surface area (Å²) in [7, 11) is 0. The maximum absolute atomic E-state index is 10.8. The number of rotatable bonds is 8. The van der Waals surface area contributed by atoms with E-state index in [-0.39, 0.29) is 18.8 Å². The lowest BCUT2D eigenvalue weighted by atomic mass is 10.1. The van der Waals surface area contributed by atoms with Crippen molar-refractivity contribution >= 4 is 5.91 Å². The molecule has 112 valence electrons. The molecule has 1 amide bonds. The van der Waals surface area contributed by atoms with Gasteiger partial charge in [-0.2, -0.15) is 0 Å². The Morgan fingerprint density at radius 3 is 2.70 bits per heavy atom. The molecule has 0 aliphatic heterocycles. The molecule has 0 heterocycles. The van der Waals surface area contributed by atoms with Crippen LogP contribution in [-0.4, -0.2) is 41.4 Å². The Hall–Kier alpha value is -1.79. The van der Waals surface area contributed by atoms with E-state index in [4.69, 9.17) is 10.5 Å². The number of phenolic OH excluding ortho intramolecular Hbond substituents is 1. The van der Waals surface area contributed by atoms with Crippen LogP contribution in [-0.2, 0) is 11.2 Å². The first-order valence-electron chi connectivity index (χ1n) is 6.53. The zero-order valence-corrected chi connectivity index (χ0v) is 11.8. The fraction of sp³-hybridized carbons (Fsp3) is 0.500. The molecule has 0 saturated carbocycles. The summed E-state index contributed by atoms with van der Waals surface area (Å²) in [5.74, 6) is -0.125. The van der Waals surface area contributed by atoms with Crippen molar-refractivity contribution in [2.45, 2.75) is 32.4 Å². The van der Waals surface area contributed by atoms with Crippen LogP contribution < -0.4 is 15.8 Å². The number of nitrogens with one attached hydrogen (secondary N) is 1. The summed E-state index contributed by atoms with van der Waals surface area (Å²) in [4.78, 5) is 10.8. The zero-order chi connectivity index (χ0) is 15.1. The summed E-state index contributed by atoms with van der Waals surface area (Å²) < 4.78 is 5.37. The van der Waals surface area contributed by atoms with Crippen molar-refractivity contribution in [3.8, 4) is 11.5 Å². The molecular formula is C14H22N2O4. The third-order valence-corrected chi connectivity index (χ3v) is 2.63. The first-order valence-corrected chi connectivity index (χ1v) is 6.53. The number of primary amides is 1. The Bertz CT molecular complexity index is 449. The number of amides is 1. The highest BCUT2D eigenvalue weighted by Crippen LogP contribution is 2.24. The number of nitrogens with two attached hydrogens (primary N) is 1. The molecule has 20 heavy (non-hydrogen) atoms. The smallest absolute Gasteiger partial charge is 0.221 e. The van der Waals surface area contributed by atoms with E-state index >= 15 is 0 Å². The van der Waals surface area contributed by atoms with E-state index < -0.39 is 12.0 Å². The van der Waals surface area contributed by atoms with Crippen LogP contribution in [0.25, 0.3) is 0 Å². The van der Waals surface area contributed by atoms with Gasteiger partial charge in [0.05, 0.1) is 6.42 Å². The molecule has 1 aromatic carbocycles. The van der Waals surface area contributed by atoms with Crippen LogP contribution in [0.5, 0.6) is 11.5 Å². The Morgan fingerprint density at radius 2 is 2.15 bits per heavy atom. The van der Waals surface area contributed by atoms with Crippen LogP contribution in [0.15, 0.2) is 18.2 Å². The minimum Gasteiger partial charge on any atom is -0.508 e. The van der Waals surface area contributed by atoms with Gasteiger partial charge in [0.2, 0.25) is 5.91 Å². The molecule has 0 fully saturated rings. The van der Waals surface area contributed by atoms with Crippen molar-refractivity contribution in [3.05, 3.63) is 23.8 Å². The van der Waals surface area contributed by atoms with E-state index in [1.807, 2.05) is 13.8 Å². The average molecular weight is 282 g/mol. The van der Waals surface area contributed by atoms with E-state index in [0.717, 1.165) is 0 Å². The highest BCUT2D eigenvalue weighted by Gasteiger charge is 2.09. The molecule has 6 nitrogen and oxygen atoms in total. The number of phenols is 1. The number of carbonyl (C=O) groups is 1. The number of benzene rings is 1. The SMILES string of the molecule is CC(C)NCC(O)COc1ccc(CC(N)=O)c(O)c1. The predicted octanol–water partition coefficient (Wildman–Crippen LogP) is 0.158. The van der Waals surface area contributed by atoms with Crippen molar-refractivity contribution in [3.63, 3.8) is 0 Å². The fourth-order valence-corrected chi connectivity index (χ4v) is 1.59. The summed E-state index contributed by atoms with van der Waals surface area (Å²) >= 11 is 0. The van der Waals surface area contributed by atoms with Crippen molar-refractivity contribution < 1.29 is 19.7 Å². The second kappa shape index (κ2) is 7.72. The molecule has 0 spiro atoms. The third kappa shape index (κ3) is 5.90. The van der Waals surface area contributed by atoms with Gasteiger partial charge in [0.1, 0.15) is 24.2 Å². The summed E-state index contributed by atoms with van der Waals surface area (Å²) in [5.41, 5.74) is 5.52. The number of hydrogen-bond donors (Lipinski definition) is 4. The van der Waals surface area contributed by atoms with E-state index in [1.54, 1.807) is 12.1 Å². The first-order chi connectivity index (χ1) is 9.38. The highest BCUT2D eigenvalue weighted by atomic mass is 16.5. The van der Waals surface area contributed by atoms with Gasteiger partial charge in [-0.05, 0) is 6.07 Å². The molecule has 1 atom stereocenters. The van der Waals surface area contributed by atoms with Gasteiger partial charge in [0, 0.05) is 24.2 Å². The van der Waals surface area contributed by atoms with Gasteiger partial charge in [0.25, 0.3) is 0 Å². The van der Waals surface area contributed by atoms with Gasteiger partial charge in [-0.3, -0.25) is 4.79 Å². The normalized spacial score (nSPS) is 12.4. The lowest BCUT2D eigenvalue weighted by Crippen LogP contribution is -2.35. The van der Waals surface area contributed by atoms with Gasteiger partial charge >= 0.3 is 0 Å². The standard InChI is InChI=1S/C14H22N2O4/c1-9(2)16-7-11(17)8-20-12-4-3-10(5-14(15)19)13(18)6-12/h3-4,6,9,11,16-18H,5,7-8H2,1-2H3,(H2,15,19). The molecule has 0 aromatic heterocycles. The second-order valence-electron chi connectivity index (χ2n) is 4.96. The van der Waals surface area contributed by atoms with Crippen LogP contribution in [0.1, 0.15) is 19.4 Å². The number of hydrogen-bond acceptors (Lipinski definition) is 5. The van der Waals surface area contributed by atoms with Crippen LogP contribution in [0.2, 0.25) is 0 Å². The third-order valence-electron chi connectivity index (χ3n) is 2.63. The van der Waals surface area contributed by atoms with Crippen molar-refractivity contribution in [2.24, 2.45) is 5.73 Å². The molecule has 0 bridgehead atoms. The van der Waals surface area contributed by atoms with Gasteiger partial charge in [-0.25, -0.2) is 0 Å². The molecule has 0 radical (unpaired) electrons. The quantitative estimate of drug-likeness (QED) is 0.543. The molecular weight excluding hydrogens is 260 g/mol. The fourth-order valence-electron chi connectivity index (χ4n) is 1.59. The molecule has 6 heteroatoms. The maximum Gasteiger partial charge on any atom is 0.221 e. The van der Waals surface area contributed by atoms with Crippen LogP contribution in [0, 0.1) is 0 Å². The van der Waals surface area contributed by atoms with Gasteiger partial charge in [-0.15, -0.1) is 0 Å². The Kier molecular flexibility index (Phi) is 6.27. The molecule has 1 aromatic rings. The topological polar surface area (TPSA) is 105 Å². The number of carbonyl (C=O) groups excluding carboxylic acids is 1. The Morgan fingerprint density at radius 1 is 1.45 bits per heavy atom. The molecule has 0 aliphatic rings. The minimum absolute atomic E-state index is 0.0208. The van der Waals surface area contributed by atoms with Crippen molar-refractivity contribution in [1.82, 2.24) is 5.32 Å². The first kappa shape index (κ1) is 16.3. The van der Waals surface area contributed by atoms with E-state index in [9.17, 15) is 15.0 Å². The highest BCUT2D eigenvalue weighted by molar-refractivity contribution is 5.77. The van der Waals surface area contributed by atoms with Gasteiger partial charge in [-0.1, -0.05) is 19.9 Å². The van der Waals surface area contributed by atoms with Crippen LogP contribution in [0.3, 0.4) is 0 Å². The Labute approximate surface area is 118 Å². The zero-order valence-electron chi connectivity index (χ0n) is 11.8. The van der Waals surface area contributed by atoms with Crippen molar-refractivity contribution in [1.29, 1.82) is 0 Å². The van der Waals surface area contributed by atoms with E-state index in [0.29, 0.717) is 23.9 Å². The Balaban J connectivity index is 2.48. The van der Waals surface area contributed by atoms with E-state index in [1.165, 1.54) is 6.07 Å². The number of aliphatic hydroxyl groups excluding tert-OH is 1. The van der Waals surface area contributed by atoms with Crippen LogP contribution in [0.4, 0.5) is 0 Å². The summed E-state index contributed by atoms with van der Waals surface area (Å²) in [6.07, 6.45) is -0.655. The predicted molar refractivity (Wildman–Crippen MR) is 75.6 cm³/mol. The summed E-state index contributed by atoms with van der Waals surface area (Å²) in [6, 6.07) is 4.90. The summed E-state index contributed by atoms with van der Waals surface area (Å²) in [6.45, 7) is 4.53. The lowest BCUT2D eigenvalue weighted by molar-refractivity contribution is -0.117. The minimum atomic E-state index is -0.634.